The standard InChI is InChI=1S/C21H21ClN4/c1-14-8-11-26(13-14)19-12-18(21-23-9-5-10-24-21)25-15(2)20(19)16-6-3-4-7-17(16)22/h3-7,9-10,12,14H,8,11,13H2,1-2H3. The largest absolute Gasteiger partial charge is 0.371 e. The van der Waals surface area contributed by atoms with E-state index >= 15 is 0 Å². The zero-order valence-corrected chi connectivity index (χ0v) is 15.7. The predicted octanol–water partition coefficient (Wildman–Crippen LogP) is 5.01. The van der Waals surface area contributed by atoms with Gasteiger partial charge in [-0.25, -0.2) is 15.0 Å². The third-order valence-electron chi connectivity index (χ3n) is 4.88. The quantitative estimate of drug-likeness (QED) is 0.654. The lowest BCUT2D eigenvalue weighted by atomic mass is 10.0. The van der Waals surface area contributed by atoms with E-state index < -0.39 is 0 Å². The molecule has 132 valence electrons. The molecule has 1 atom stereocenters. The van der Waals surface area contributed by atoms with Crippen molar-refractivity contribution in [2.75, 3.05) is 18.0 Å². The molecule has 1 fully saturated rings. The highest BCUT2D eigenvalue weighted by molar-refractivity contribution is 6.33. The minimum absolute atomic E-state index is 0.648. The lowest BCUT2D eigenvalue weighted by molar-refractivity contribution is 0.659. The normalized spacial score (nSPS) is 16.9. The fourth-order valence-electron chi connectivity index (χ4n) is 3.60. The number of rotatable bonds is 3. The molecule has 26 heavy (non-hydrogen) atoms. The third-order valence-corrected chi connectivity index (χ3v) is 5.21. The van der Waals surface area contributed by atoms with Gasteiger partial charge in [0, 0.05) is 53.0 Å². The molecule has 0 saturated carbocycles. The smallest absolute Gasteiger partial charge is 0.178 e. The molecule has 0 aliphatic carbocycles. The number of benzene rings is 1. The SMILES string of the molecule is Cc1nc(-c2ncccn2)cc(N2CCC(C)C2)c1-c1ccccc1Cl. The lowest BCUT2D eigenvalue weighted by Gasteiger charge is -2.24. The molecule has 1 aromatic carbocycles. The highest BCUT2D eigenvalue weighted by Crippen LogP contribution is 2.40. The Hall–Kier alpha value is -2.46. The van der Waals surface area contributed by atoms with Gasteiger partial charge in [0.2, 0.25) is 0 Å². The maximum atomic E-state index is 6.52. The van der Waals surface area contributed by atoms with E-state index in [-0.39, 0.29) is 0 Å². The van der Waals surface area contributed by atoms with Gasteiger partial charge >= 0.3 is 0 Å². The maximum Gasteiger partial charge on any atom is 0.178 e. The molecule has 3 aromatic rings. The summed E-state index contributed by atoms with van der Waals surface area (Å²) in [5.41, 5.74) is 5.03. The van der Waals surface area contributed by atoms with Gasteiger partial charge in [0.15, 0.2) is 5.82 Å². The number of anilines is 1. The van der Waals surface area contributed by atoms with Crippen molar-refractivity contribution < 1.29 is 0 Å². The second-order valence-corrected chi connectivity index (χ2v) is 7.29. The topological polar surface area (TPSA) is 41.9 Å². The van der Waals surface area contributed by atoms with Crippen molar-refractivity contribution in [2.45, 2.75) is 20.3 Å². The zero-order chi connectivity index (χ0) is 18.1. The molecule has 2 aromatic heterocycles. The molecule has 1 saturated heterocycles. The van der Waals surface area contributed by atoms with E-state index in [1.165, 1.54) is 6.42 Å². The molecule has 1 aliphatic rings. The summed E-state index contributed by atoms with van der Waals surface area (Å²) in [5, 5.41) is 0.745. The van der Waals surface area contributed by atoms with Crippen molar-refractivity contribution in [1.29, 1.82) is 0 Å². The second-order valence-electron chi connectivity index (χ2n) is 6.88. The van der Waals surface area contributed by atoms with Gasteiger partial charge in [0.1, 0.15) is 5.69 Å². The Morgan fingerprint density at radius 3 is 2.58 bits per heavy atom. The van der Waals surface area contributed by atoms with Gasteiger partial charge in [-0.3, -0.25) is 0 Å². The second kappa shape index (κ2) is 7.04. The number of pyridine rings is 1. The van der Waals surface area contributed by atoms with Crippen molar-refractivity contribution >= 4 is 17.3 Å². The summed E-state index contributed by atoms with van der Waals surface area (Å²) in [7, 11) is 0. The molecule has 1 unspecified atom stereocenters. The number of hydrogen-bond acceptors (Lipinski definition) is 4. The maximum absolute atomic E-state index is 6.52. The molecule has 0 N–H and O–H groups in total. The first kappa shape index (κ1) is 17.0. The van der Waals surface area contributed by atoms with Crippen molar-refractivity contribution in [3.8, 4) is 22.6 Å². The average Bonchev–Trinajstić information content (AvgIpc) is 3.09. The van der Waals surface area contributed by atoms with E-state index in [0.29, 0.717) is 11.7 Å². The van der Waals surface area contributed by atoms with E-state index in [9.17, 15) is 0 Å². The van der Waals surface area contributed by atoms with Gasteiger partial charge in [-0.1, -0.05) is 36.7 Å². The van der Waals surface area contributed by atoms with Crippen LogP contribution in [0.25, 0.3) is 22.6 Å². The van der Waals surface area contributed by atoms with Crippen LogP contribution in [0.15, 0.2) is 48.8 Å². The van der Waals surface area contributed by atoms with Gasteiger partial charge in [-0.05, 0) is 37.5 Å². The van der Waals surface area contributed by atoms with Crippen LogP contribution in [0.5, 0.6) is 0 Å². The van der Waals surface area contributed by atoms with Crippen LogP contribution in [0.3, 0.4) is 0 Å². The molecule has 0 spiro atoms. The van der Waals surface area contributed by atoms with Gasteiger partial charge in [0.25, 0.3) is 0 Å². The first-order chi connectivity index (χ1) is 12.6. The Bertz CT molecular complexity index is 927. The van der Waals surface area contributed by atoms with Crippen LogP contribution < -0.4 is 4.90 Å². The Balaban J connectivity index is 1.92. The summed E-state index contributed by atoms with van der Waals surface area (Å²) >= 11 is 6.52. The molecule has 0 amide bonds. The number of halogens is 1. The van der Waals surface area contributed by atoms with E-state index in [4.69, 9.17) is 16.6 Å². The van der Waals surface area contributed by atoms with Crippen LogP contribution in [0, 0.1) is 12.8 Å². The molecule has 1 aliphatic heterocycles. The highest BCUT2D eigenvalue weighted by Gasteiger charge is 2.25. The Kier molecular flexibility index (Phi) is 4.60. The predicted molar refractivity (Wildman–Crippen MR) is 106 cm³/mol. The van der Waals surface area contributed by atoms with Gasteiger partial charge < -0.3 is 4.90 Å². The van der Waals surface area contributed by atoms with Crippen molar-refractivity contribution in [3.05, 3.63) is 59.5 Å². The highest BCUT2D eigenvalue weighted by atomic mass is 35.5. The number of nitrogens with zero attached hydrogens (tertiary/aromatic N) is 4. The van der Waals surface area contributed by atoms with Gasteiger partial charge in [0.05, 0.1) is 0 Å². The van der Waals surface area contributed by atoms with Gasteiger partial charge in [-0.2, -0.15) is 0 Å². The summed E-state index contributed by atoms with van der Waals surface area (Å²) in [6.07, 6.45) is 4.69. The fraction of sp³-hybridized carbons (Fsp3) is 0.286. The molecular formula is C21H21ClN4. The Morgan fingerprint density at radius 2 is 1.88 bits per heavy atom. The Labute approximate surface area is 158 Å². The summed E-state index contributed by atoms with van der Waals surface area (Å²) < 4.78 is 0. The fourth-order valence-corrected chi connectivity index (χ4v) is 3.83. The summed E-state index contributed by atoms with van der Waals surface area (Å²) in [5.74, 6) is 1.33. The number of aryl methyl sites for hydroxylation is 1. The molecular weight excluding hydrogens is 344 g/mol. The van der Waals surface area contributed by atoms with Crippen LogP contribution in [0.4, 0.5) is 5.69 Å². The number of hydrogen-bond donors (Lipinski definition) is 0. The van der Waals surface area contributed by atoms with Crippen LogP contribution in [0.2, 0.25) is 5.02 Å². The van der Waals surface area contributed by atoms with Crippen molar-refractivity contribution in [1.82, 2.24) is 15.0 Å². The third kappa shape index (κ3) is 3.17. The first-order valence-electron chi connectivity index (χ1n) is 8.92. The molecule has 0 radical (unpaired) electrons. The summed E-state index contributed by atoms with van der Waals surface area (Å²) in [6.45, 7) is 6.41. The van der Waals surface area contributed by atoms with Crippen LogP contribution >= 0.6 is 11.6 Å². The first-order valence-corrected chi connectivity index (χ1v) is 9.30. The zero-order valence-electron chi connectivity index (χ0n) is 15.0. The van der Waals surface area contributed by atoms with Crippen LogP contribution in [-0.4, -0.2) is 28.0 Å². The molecule has 4 rings (SSSR count). The minimum Gasteiger partial charge on any atom is -0.371 e. The Morgan fingerprint density at radius 1 is 1.12 bits per heavy atom. The molecule has 4 nitrogen and oxygen atoms in total. The lowest BCUT2D eigenvalue weighted by Crippen LogP contribution is -2.20. The van der Waals surface area contributed by atoms with Gasteiger partial charge in [-0.15, -0.1) is 0 Å². The van der Waals surface area contributed by atoms with Crippen molar-refractivity contribution in [2.24, 2.45) is 5.92 Å². The minimum atomic E-state index is 0.648. The van der Waals surface area contributed by atoms with Crippen molar-refractivity contribution in [3.63, 3.8) is 0 Å². The van der Waals surface area contributed by atoms with Crippen LogP contribution in [0.1, 0.15) is 19.0 Å². The summed E-state index contributed by atoms with van der Waals surface area (Å²) in [4.78, 5) is 16.0. The number of aromatic nitrogens is 3. The molecule has 0 bridgehead atoms. The van der Waals surface area contributed by atoms with E-state index in [1.807, 2.05) is 31.2 Å². The molecule has 3 heterocycles. The van der Waals surface area contributed by atoms with E-state index in [0.717, 1.165) is 46.3 Å². The van der Waals surface area contributed by atoms with E-state index in [2.05, 4.69) is 33.9 Å². The monoisotopic (exact) mass is 364 g/mol. The average molecular weight is 365 g/mol. The van der Waals surface area contributed by atoms with E-state index in [1.54, 1.807) is 12.4 Å². The van der Waals surface area contributed by atoms with Crippen LogP contribution in [-0.2, 0) is 0 Å². The summed E-state index contributed by atoms with van der Waals surface area (Å²) in [6, 6.07) is 11.9. The molecule has 5 heteroatoms.